The SMILES string of the molecule is CCc1ccc(-c2ccc(N3CCN(C(=O)c4ccc(C)c([N+](=O)[O-])c4)CC3)nn2)cc1. The van der Waals surface area contributed by atoms with Crippen LogP contribution < -0.4 is 4.90 Å². The first-order valence-corrected chi connectivity index (χ1v) is 10.7. The molecule has 164 valence electrons. The van der Waals surface area contributed by atoms with Crippen molar-refractivity contribution in [1.82, 2.24) is 15.1 Å². The molecule has 2 aromatic carbocycles. The molecule has 0 unspecified atom stereocenters. The molecule has 1 saturated heterocycles. The van der Waals surface area contributed by atoms with Crippen LogP contribution in [0.1, 0.15) is 28.4 Å². The standard InChI is InChI=1S/C24H25N5O3/c1-3-18-5-8-19(9-6-18)21-10-11-23(26-25-21)27-12-14-28(15-13-27)24(30)20-7-4-17(2)22(16-20)29(31)32/h4-11,16H,3,12-15H2,1-2H3. The van der Waals surface area contributed by atoms with Gasteiger partial charge >= 0.3 is 0 Å². The van der Waals surface area contributed by atoms with Crippen LogP contribution in [-0.4, -0.2) is 52.1 Å². The first kappa shape index (κ1) is 21.4. The number of nitrogens with zero attached hydrogens (tertiary/aromatic N) is 5. The number of rotatable bonds is 5. The van der Waals surface area contributed by atoms with E-state index in [4.69, 9.17) is 0 Å². The van der Waals surface area contributed by atoms with Crippen molar-refractivity contribution in [2.24, 2.45) is 0 Å². The monoisotopic (exact) mass is 431 g/mol. The van der Waals surface area contributed by atoms with Crippen molar-refractivity contribution in [1.29, 1.82) is 0 Å². The van der Waals surface area contributed by atoms with Gasteiger partial charge in [-0.15, -0.1) is 10.2 Å². The Morgan fingerprint density at radius 1 is 1.00 bits per heavy atom. The Bertz CT molecular complexity index is 1120. The molecule has 1 aliphatic rings. The largest absolute Gasteiger partial charge is 0.352 e. The maximum absolute atomic E-state index is 12.8. The predicted octanol–water partition coefficient (Wildman–Crippen LogP) is 3.89. The second-order valence-electron chi connectivity index (χ2n) is 7.86. The summed E-state index contributed by atoms with van der Waals surface area (Å²) in [5.41, 5.74) is 3.99. The van der Waals surface area contributed by atoms with Crippen LogP contribution in [-0.2, 0) is 6.42 Å². The lowest BCUT2D eigenvalue weighted by Gasteiger charge is -2.35. The number of amides is 1. The lowest BCUT2D eigenvalue weighted by atomic mass is 10.1. The van der Waals surface area contributed by atoms with E-state index in [2.05, 4.69) is 46.3 Å². The van der Waals surface area contributed by atoms with E-state index in [1.54, 1.807) is 24.0 Å². The topological polar surface area (TPSA) is 92.5 Å². The van der Waals surface area contributed by atoms with E-state index in [0.717, 1.165) is 23.5 Å². The minimum atomic E-state index is -0.454. The van der Waals surface area contributed by atoms with Crippen molar-refractivity contribution < 1.29 is 9.72 Å². The fourth-order valence-corrected chi connectivity index (χ4v) is 3.82. The lowest BCUT2D eigenvalue weighted by Crippen LogP contribution is -2.49. The van der Waals surface area contributed by atoms with Crippen LogP contribution in [0.4, 0.5) is 11.5 Å². The molecular weight excluding hydrogens is 406 g/mol. The van der Waals surface area contributed by atoms with Gasteiger partial charge in [-0.1, -0.05) is 37.3 Å². The molecule has 1 amide bonds. The molecule has 0 spiro atoms. The highest BCUT2D eigenvalue weighted by Gasteiger charge is 2.24. The molecular formula is C24H25N5O3. The molecule has 0 aliphatic carbocycles. The number of hydrogen-bond acceptors (Lipinski definition) is 6. The second kappa shape index (κ2) is 9.13. The highest BCUT2D eigenvalue weighted by atomic mass is 16.6. The Balaban J connectivity index is 1.39. The van der Waals surface area contributed by atoms with Crippen molar-refractivity contribution in [3.63, 3.8) is 0 Å². The number of benzene rings is 2. The third-order valence-electron chi connectivity index (χ3n) is 5.85. The van der Waals surface area contributed by atoms with Crippen molar-refractivity contribution in [3.05, 3.63) is 81.4 Å². The first-order chi connectivity index (χ1) is 15.5. The van der Waals surface area contributed by atoms with Crippen molar-refractivity contribution in [3.8, 4) is 11.3 Å². The van der Waals surface area contributed by atoms with Crippen LogP contribution in [0, 0.1) is 17.0 Å². The van der Waals surface area contributed by atoms with Crippen molar-refractivity contribution in [2.75, 3.05) is 31.1 Å². The third kappa shape index (κ3) is 4.44. The first-order valence-electron chi connectivity index (χ1n) is 10.7. The number of aryl methyl sites for hydroxylation is 2. The number of carbonyl (C=O) groups is 1. The Hall–Kier alpha value is -3.81. The predicted molar refractivity (Wildman–Crippen MR) is 123 cm³/mol. The zero-order chi connectivity index (χ0) is 22.7. The molecule has 0 saturated carbocycles. The highest BCUT2D eigenvalue weighted by molar-refractivity contribution is 5.95. The van der Waals surface area contributed by atoms with Crippen LogP contribution in [0.3, 0.4) is 0 Å². The van der Waals surface area contributed by atoms with Gasteiger partial charge in [0.05, 0.1) is 10.6 Å². The number of aromatic nitrogens is 2. The summed E-state index contributed by atoms with van der Waals surface area (Å²) in [6.45, 7) is 6.07. The maximum Gasteiger partial charge on any atom is 0.273 e. The summed E-state index contributed by atoms with van der Waals surface area (Å²) >= 11 is 0. The molecule has 3 aromatic rings. The smallest absolute Gasteiger partial charge is 0.273 e. The van der Waals surface area contributed by atoms with E-state index in [1.807, 2.05) is 12.1 Å². The summed E-state index contributed by atoms with van der Waals surface area (Å²) in [7, 11) is 0. The highest BCUT2D eigenvalue weighted by Crippen LogP contribution is 2.22. The van der Waals surface area contributed by atoms with Gasteiger partial charge < -0.3 is 9.80 Å². The zero-order valence-corrected chi connectivity index (χ0v) is 18.2. The number of hydrogen-bond donors (Lipinski definition) is 0. The van der Waals surface area contributed by atoms with Crippen LogP contribution in [0.15, 0.2) is 54.6 Å². The Morgan fingerprint density at radius 2 is 1.72 bits per heavy atom. The zero-order valence-electron chi connectivity index (χ0n) is 18.2. The summed E-state index contributed by atoms with van der Waals surface area (Å²) < 4.78 is 0. The van der Waals surface area contributed by atoms with Gasteiger partial charge in [-0.25, -0.2) is 0 Å². The van der Waals surface area contributed by atoms with E-state index < -0.39 is 4.92 Å². The van der Waals surface area contributed by atoms with Crippen LogP contribution >= 0.6 is 0 Å². The third-order valence-corrected chi connectivity index (χ3v) is 5.85. The van der Waals surface area contributed by atoms with Gasteiger partial charge in [0.15, 0.2) is 5.82 Å². The molecule has 1 aromatic heterocycles. The molecule has 4 rings (SSSR count). The lowest BCUT2D eigenvalue weighted by molar-refractivity contribution is -0.385. The maximum atomic E-state index is 12.8. The molecule has 0 N–H and O–H groups in total. The quantitative estimate of drug-likeness (QED) is 0.450. The number of piperazine rings is 1. The van der Waals surface area contributed by atoms with Crippen molar-refractivity contribution >= 4 is 17.4 Å². The van der Waals surface area contributed by atoms with E-state index >= 15 is 0 Å². The Morgan fingerprint density at radius 3 is 2.31 bits per heavy atom. The van der Waals surface area contributed by atoms with Gasteiger partial charge in [-0.2, -0.15) is 0 Å². The fourth-order valence-electron chi connectivity index (χ4n) is 3.82. The average Bonchev–Trinajstić information content (AvgIpc) is 2.84. The van der Waals surface area contributed by atoms with Gasteiger partial charge in [-0.3, -0.25) is 14.9 Å². The molecule has 1 aliphatic heterocycles. The Labute approximate surface area is 186 Å². The number of nitro groups is 1. The van der Waals surface area contributed by atoms with Gasteiger partial charge in [0.25, 0.3) is 11.6 Å². The minimum Gasteiger partial charge on any atom is -0.352 e. The minimum absolute atomic E-state index is 0.0332. The molecule has 1 fully saturated rings. The molecule has 0 radical (unpaired) electrons. The summed E-state index contributed by atoms with van der Waals surface area (Å²) in [5.74, 6) is 0.585. The van der Waals surface area contributed by atoms with Gasteiger partial charge in [0.2, 0.25) is 0 Å². The average molecular weight is 431 g/mol. The summed E-state index contributed by atoms with van der Waals surface area (Å²) in [6, 6.07) is 16.9. The molecule has 32 heavy (non-hydrogen) atoms. The molecule has 8 nitrogen and oxygen atoms in total. The van der Waals surface area contributed by atoms with Gasteiger partial charge in [0.1, 0.15) is 0 Å². The van der Waals surface area contributed by atoms with Crippen LogP contribution in [0.5, 0.6) is 0 Å². The van der Waals surface area contributed by atoms with E-state index in [9.17, 15) is 14.9 Å². The summed E-state index contributed by atoms with van der Waals surface area (Å²) in [6.07, 6.45) is 1.00. The number of anilines is 1. The fraction of sp³-hybridized carbons (Fsp3) is 0.292. The normalized spacial score (nSPS) is 13.8. The van der Waals surface area contributed by atoms with Crippen LogP contribution in [0.2, 0.25) is 0 Å². The number of nitro benzene ring substituents is 1. The van der Waals surface area contributed by atoms with Gasteiger partial charge in [0, 0.05) is 48.9 Å². The van der Waals surface area contributed by atoms with E-state index in [1.165, 1.54) is 11.6 Å². The second-order valence-corrected chi connectivity index (χ2v) is 7.86. The molecule has 2 heterocycles. The molecule has 0 bridgehead atoms. The van der Waals surface area contributed by atoms with Gasteiger partial charge in [-0.05, 0) is 37.1 Å². The summed E-state index contributed by atoms with van der Waals surface area (Å²) in [5, 5.41) is 19.9. The van der Waals surface area contributed by atoms with E-state index in [-0.39, 0.29) is 11.6 Å². The molecule has 8 heteroatoms. The van der Waals surface area contributed by atoms with Crippen molar-refractivity contribution in [2.45, 2.75) is 20.3 Å². The van der Waals surface area contributed by atoms with Crippen LogP contribution in [0.25, 0.3) is 11.3 Å². The Kier molecular flexibility index (Phi) is 6.11. The van der Waals surface area contributed by atoms with E-state index in [0.29, 0.717) is 37.3 Å². The number of carbonyl (C=O) groups excluding carboxylic acids is 1. The summed E-state index contributed by atoms with van der Waals surface area (Å²) in [4.78, 5) is 27.4. The molecule has 0 atom stereocenters.